The third kappa shape index (κ3) is 4.27. The van der Waals surface area contributed by atoms with Crippen molar-refractivity contribution in [2.24, 2.45) is 5.92 Å². The number of hydrogen-bond donors (Lipinski definition) is 0. The molecule has 1 aliphatic rings. The van der Waals surface area contributed by atoms with E-state index in [0.29, 0.717) is 17.4 Å². The van der Waals surface area contributed by atoms with E-state index in [1.807, 2.05) is 24.8 Å². The van der Waals surface area contributed by atoms with Crippen molar-refractivity contribution >= 4 is 5.91 Å². The van der Waals surface area contributed by atoms with Gasteiger partial charge in [0.1, 0.15) is 11.8 Å². The van der Waals surface area contributed by atoms with Crippen molar-refractivity contribution in [3.05, 3.63) is 29.8 Å². The molecule has 1 aromatic rings. The lowest BCUT2D eigenvalue weighted by Crippen LogP contribution is -2.50. The Kier molecular flexibility index (Phi) is 6.22. The van der Waals surface area contributed by atoms with Crippen LogP contribution in [-0.2, 0) is 4.79 Å². The Labute approximate surface area is 144 Å². The number of nitrogens with zero attached hydrogens (tertiary/aromatic N) is 3. The fourth-order valence-electron chi connectivity index (χ4n) is 3.05. The van der Waals surface area contributed by atoms with Gasteiger partial charge in [0, 0.05) is 19.1 Å². The predicted octanol–water partition coefficient (Wildman–Crippen LogP) is 2.51. The highest BCUT2D eigenvalue weighted by atomic mass is 16.5. The largest absolute Gasteiger partial charge is 0.479 e. The maximum atomic E-state index is 12.9. The van der Waals surface area contributed by atoms with Gasteiger partial charge in [0.2, 0.25) is 0 Å². The summed E-state index contributed by atoms with van der Waals surface area (Å²) < 4.78 is 5.96. The van der Waals surface area contributed by atoms with Crippen LogP contribution < -0.4 is 4.74 Å². The molecular formula is C19H27N3O2. The van der Waals surface area contributed by atoms with E-state index in [1.165, 1.54) is 0 Å². The summed E-state index contributed by atoms with van der Waals surface area (Å²) in [5.74, 6) is 0.543. The fraction of sp³-hybridized carbons (Fsp3) is 0.579. The maximum Gasteiger partial charge on any atom is 0.263 e. The van der Waals surface area contributed by atoms with Crippen LogP contribution in [0.5, 0.6) is 5.75 Å². The third-order valence-corrected chi connectivity index (χ3v) is 4.62. The van der Waals surface area contributed by atoms with E-state index < -0.39 is 6.10 Å². The lowest BCUT2D eigenvalue weighted by atomic mass is 10.0. The predicted molar refractivity (Wildman–Crippen MR) is 93.7 cm³/mol. The van der Waals surface area contributed by atoms with E-state index >= 15 is 0 Å². The SMILES string of the molecule is CC(C)C(Oc1ccccc1C#N)C(=O)N1CCC(N(C)C)CC1. The molecule has 1 aliphatic heterocycles. The van der Waals surface area contributed by atoms with Crippen molar-refractivity contribution in [3.8, 4) is 11.8 Å². The highest BCUT2D eigenvalue weighted by Crippen LogP contribution is 2.23. The van der Waals surface area contributed by atoms with Gasteiger partial charge in [-0.3, -0.25) is 4.79 Å². The number of ether oxygens (including phenoxy) is 1. The number of rotatable bonds is 5. The number of piperidine rings is 1. The molecule has 1 unspecified atom stereocenters. The quantitative estimate of drug-likeness (QED) is 0.833. The van der Waals surface area contributed by atoms with Gasteiger partial charge in [-0.2, -0.15) is 5.26 Å². The Morgan fingerprint density at radius 2 is 1.92 bits per heavy atom. The van der Waals surface area contributed by atoms with Crippen LogP contribution in [0.15, 0.2) is 24.3 Å². The number of likely N-dealkylation sites (tertiary alicyclic amines) is 1. The number of nitriles is 1. The molecule has 5 heteroatoms. The van der Waals surface area contributed by atoms with Crippen LogP contribution in [-0.4, -0.2) is 55.0 Å². The van der Waals surface area contributed by atoms with Gasteiger partial charge in [-0.15, -0.1) is 0 Å². The average Bonchev–Trinajstić information content (AvgIpc) is 2.59. The highest BCUT2D eigenvalue weighted by Gasteiger charge is 2.32. The molecule has 1 heterocycles. The molecule has 1 saturated heterocycles. The Balaban J connectivity index is 2.08. The molecule has 0 aromatic heterocycles. The number of para-hydroxylation sites is 1. The second kappa shape index (κ2) is 8.16. The first-order valence-electron chi connectivity index (χ1n) is 8.55. The molecule has 2 rings (SSSR count). The first kappa shape index (κ1) is 18.3. The standard InChI is InChI=1S/C19H27N3O2/c1-14(2)18(24-17-8-6-5-7-15(17)13-20)19(23)22-11-9-16(10-12-22)21(3)4/h5-8,14,16,18H,9-12H2,1-4H3. The van der Waals surface area contributed by atoms with Gasteiger partial charge in [0.05, 0.1) is 5.56 Å². The molecule has 1 fully saturated rings. The van der Waals surface area contributed by atoms with Crippen molar-refractivity contribution in [2.45, 2.75) is 38.8 Å². The van der Waals surface area contributed by atoms with Crippen LogP contribution in [0.2, 0.25) is 0 Å². The van der Waals surface area contributed by atoms with Crippen molar-refractivity contribution in [1.82, 2.24) is 9.80 Å². The molecule has 0 radical (unpaired) electrons. The summed E-state index contributed by atoms with van der Waals surface area (Å²) in [4.78, 5) is 17.1. The number of amides is 1. The van der Waals surface area contributed by atoms with Crippen LogP contribution in [0.1, 0.15) is 32.3 Å². The maximum absolute atomic E-state index is 12.9. The molecule has 130 valence electrons. The first-order chi connectivity index (χ1) is 11.4. The summed E-state index contributed by atoms with van der Waals surface area (Å²) in [7, 11) is 4.17. The topological polar surface area (TPSA) is 56.6 Å². The molecule has 0 aliphatic carbocycles. The fourth-order valence-corrected chi connectivity index (χ4v) is 3.05. The number of carbonyl (C=O) groups is 1. The van der Waals surface area contributed by atoms with Crippen molar-refractivity contribution in [2.75, 3.05) is 27.2 Å². The average molecular weight is 329 g/mol. The lowest BCUT2D eigenvalue weighted by Gasteiger charge is -2.37. The molecule has 1 atom stereocenters. The monoisotopic (exact) mass is 329 g/mol. The highest BCUT2D eigenvalue weighted by molar-refractivity contribution is 5.81. The van der Waals surface area contributed by atoms with E-state index in [9.17, 15) is 10.1 Å². The molecule has 1 amide bonds. The molecule has 5 nitrogen and oxygen atoms in total. The molecule has 0 spiro atoms. The molecular weight excluding hydrogens is 302 g/mol. The van der Waals surface area contributed by atoms with Crippen LogP contribution in [0.3, 0.4) is 0 Å². The number of hydrogen-bond acceptors (Lipinski definition) is 4. The minimum absolute atomic E-state index is 0.0231. The zero-order chi connectivity index (χ0) is 17.7. The summed E-state index contributed by atoms with van der Waals surface area (Å²) in [5.41, 5.74) is 0.460. The Morgan fingerprint density at radius 1 is 1.29 bits per heavy atom. The molecule has 0 saturated carbocycles. The Hall–Kier alpha value is -2.06. The summed E-state index contributed by atoms with van der Waals surface area (Å²) in [6.07, 6.45) is 1.41. The molecule has 24 heavy (non-hydrogen) atoms. The van der Waals surface area contributed by atoms with E-state index in [0.717, 1.165) is 25.9 Å². The Morgan fingerprint density at radius 3 is 2.46 bits per heavy atom. The van der Waals surface area contributed by atoms with Crippen LogP contribution >= 0.6 is 0 Å². The minimum Gasteiger partial charge on any atom is -0.479 e. The van der Waals surface area contributed by atoms with Gasteiger partial charge >= 0.3 is 0 Å². The smallest absolute Gasteiger partial charge is 0.263 e. The minimum atomic E-state index is -0.560. The van der Waals surface area contributed by atoms with E-state index in [-0.39, 0.29) is 11.8 Å². The van der Waals surface area contributed by atoms with Gasteiger partial charge < -0.3 is 14.5 Å². The lowest BCUT2D eigenvalue weighted by molar-refractivity contribution is -0.142. The zero-order valence-corrected chi connectivity index (χ0v) is 15.0. The second-order valence-electron chi connectivity index (χ2n) is 6.91. The second-order valence-corrected chi connectivity index (χ2v) is 6.91. The Bertz CT molecular complexity index is 599. The van der Waals surface area contributed by atoms with Gasteiger partial charge in [-0.1, -0.05) is 26.0 Å². The van der Waals surface area contributed by atoms with E-state index in [2.05, 4.69) is 25.1 Å². The van der Waals surface area contributed by atoms with Crippen LogP contribution in [0.4, 0.5) is 0 Å². The number of benzene rings is 1. The van der Waals surface area contributed by atoms with Crippen molar-refractivity contribution in [1.29, 1.82) is 5.26 Å². The van der Waals surface area contributed by atoms with Gasteiger partial charge in [-0.25, -0.2) is 0 Å². The molecule has 0 bridgehead atoms. The van der Waals surface area contributed by atoms with Crippen molar-refractivity contribution in [3.63, 3.8) is 0 Å². The summed E-state index contributed by atoms with van der Waals surface area (Å²) in [6.45, 7) is 5.47. The van der Waals surface area contributed by atoms with Crippen molar-refractivity contribution < 1.29 is 9.53 Å². The summed E-state index contributed by atoms with van der Waals surface area (Å²) in [6, 6.07) is 9.73. The number of carbonyl (C=O) groups excluding carboxylic acids is 1. The van der Waals surface area contributed by atoms with Gasteiger partial charge in [0.15, 0.2) is 6.10 Å². The normalized spacial score (nSPS) is 17.0. The summed E-state index contributed by atoms with van der Waals surface area (Å²) in [5, 5.41) is 9.21. The zero-order valence-electron chi connectivity index (χ0n) is 15.0. The first-order valence-corrected chi connectivity index (χ1v) is 8.55. The van der Waals surface area contributed by atoms with Gasteiger partial charge in [-0.05, 0) is 45.0 Å². The van der Waals surface area contributed by atoms with Crippen LogP contribution in [0.25, 0.3) is 0 Å². The van der Waals surface area contributed by atoms with Gasteiger partial charge in [0.25, 0.3) is 5.91 Å². The summed E-state index contributed by atoms with van der Waals surface area (Å²) >= 11 is 0. The third-order valence-electron chi connectivity index (χ3n) is 4.62. The van der Waals surface area contributed by atoms with Crippen LogP contribution in [0, 0.1) is 17.2 Å². The van der Waals surface area contributed by atoms with E-state index in [4.69, 9.17) is 4.74 Å². The van der Waals surface area contributed by atoms with E-state index in [1.54, 1.807) is 18.2 Å². The molecule has 1 aromatic carbocycles. The molecule has 0 N–H and O–H groups in total.